The molecule has 4 heteroatoms. The van der Waals surface area contributed by atoms with Crippen LogP contribution in [0.2, 0.25) is 5.02 Å². The second-order valence-electron chi connectivity index (χ2n) is 4.20. The fourth-order valence-electron chi connectivity index (χ4n) is 1.83. The van der Waals surface area contributed by atoms with Gasteiger partial charge in [0.15, 0.2) is 0 Å². The van der Waals surface area contributed by atoms with Crippen LogP contribution >= 0.6 is 11.6 Å². The highest BCUT2D eigenvalue weighted by molar-refractivity contribution is 6.30. The largest absolute Gasteiger partial charge is 0.496 e. The van der Waals surface area contributed by atoms with Crippen molar-refractivity contribution in [3.63, 3.8) is 0 Å². The summed E-state index contributed by atoms with van der Waals surface area (Å²) >= 11 is 5.92. The van der Waals surface area contributed by atoms with Gasteiger partial charge >= 0.3 is 0 Å². The number of benzene rings is 1. The maximum Gasteiger partial charge on any atom is 0.124 e. The molecule has 0 aliphatic heterocycles. The average molecular weight is 259 g/mol. The van der Waals surface area contributed by atoms with Crippen molar-refractivity contribution in [2.75, 3.05) is 20.8 Å². The molecule has 0 saturated carbocycles. The van der Waals surface area contributed by atoms with Crippen LogP contribution in [0, 0.1) is 5.92 Å². The molecule has 0 radical (unpaired) electrons. The van der Waals surface area contributed by atoms with E-state index in [2.05, 4.69) is 0 Å². The average Bonchev–Trinajstić information content (AvgIpc) is 2.29. The Kier molecular flexibility index (Phi) is 5.75. The minimum atomic E-state index is -0.589. The molecule has 0 amide bonds. The SMILES string of the molecule is COCC(C)CC(O)c1cc(Cl)ccc1OC. The van der Waals surface area contributed by atoms with Crippen molar-refractivity contribution in [3.8, 4) is 5.75 Å². The lowest BCUT2D eigenvalue weighted by Crippen LogP contribution is -2.10. The predicted octanol–water partition coefficient (Wildman–Crippen LogP) is 3.05. The summed E-state index contributed by atoms with van der Waals surface area (Å²) in [5.41, 5.74) is 0.725. The van der Waals surface area contributed by atoms with Crippen molar-refractivity contribution in [2.45, 2.75) is 19.4 Å². The number of hydrogen-bond donors (Lipinski definition) is 1. The predicted molar refractivity (Wildman–Crippen MR) is 68.6 cm³/mol. The summed E-state index contributed by atoms with van der Waals surface area (Å²) in [5, 5.41) is 10.8. The van der Waals surface area contributed by atoms with Gasteiger partial charge in [0.25, 0.3) is 0 Å². The first-order chi connectivity index (χ1) is 8.08. The van der Waals surface area contributed by atoms with E-state index >= 15 is 0 Å². The van der Waals surface area contributed by atoms with E-state index in [1.54, 1.807) is 32.4 Å². The molecule has 0 aliphatic rings. The van der Waals surface area contributed by atoms with Gasteiger partial charge in [-0.15, -0.1) is 0 Å². The minimum Gasteiger partial charge on any atom is -0.496 e. The first-order valence-electron chi connectivity index (χ1n) is 5.59. The van der Waals surface area contributed by atoms with Crippen LogP contribution in [0.1, 0.15) is 25.0 Å². The van der Waals surface area contributed by atoms with Gasteiger partial charge in [0.2, 0.25) is 0 Å². The van der Waals surface area contributed by atoms with E-state index in [0.29, 0.717) is 23.8 Å². The highest BCUT2D eigenvalue weighted by atomic mass is 35.5. The molecule has 2 unspecified atom stereocenters. The second-order valence-corrected chi connectivity index (χ2v) is 4.63. The highest BCUT2D eigenvalue weighted by Crippen LogP contribution is 2.31. The van der Waals surface area contributed by atoms with Crippen molar-refractivity contribution >= 4 is 11.6 Å². The van der Waals surface area contributed by atoms with Gasteiger partial charge in [-0.1, -0.05) is 18.5 Å². The van der Waals surface area contributed by atoms with Crippen LogP contribution in [0.25, 0.3) is 0 Å². The fourth-order valence-corrected chi connectivity index (χ4v) is 2.01. The monoisotopic (exact) mass is 258 g/mol. The summed E-state index contributed by atoms with van der Waals surface area (Å²) in [4.78, 5) is 0. The lowest BCUT2D eigenvalue weighted by molar-refractivity contribution is 0.100. The van der Waals surface area contributed by atoms with E-state index < -0.39 is 6.10 Å². The summed E-state index contributed by atoms with van der Waals surface area (Å²) in [6, 6.07) is 5.25. The van der Waals surface area contributed by atoms with Gasteiger partial charge in [-0.25, -0.2) is 0 Å². The molecule has 17 heavy (non-hydrogen) atoms. The number of methoxy groups -OCH3 is 2. The third-order valence-corrected chi connectivity index (χ3v) is 2.86. The van der Waals surface area contributed by atoms with Gasteiger partial charge in [0.1, 0.15) is 5.75 Å². The van der Waals surface area contributed by atoms with Crippen molar-refractivity contribution in [3.05, 3.63) is 28.8 Å². The van der Waals surface area contributed by atoms with Crippen LogP contribution in [0.4, 0.5) is 0 Å². The third-order valence-electron chi connectivity index (χ3n) is 2.63. The first kappa shape index (κ1) is 14.3. The van der Waals surface area contributed by atoms with Gasteiger partial charge in [-0.3, -0.25) is 0 Å². The van der Waals surface area contributed by atoms with E-state index in [-0.39, 0.29) is 5.92 Å². The Labute approximate surface area is 107 Å². The number of hydrogen-bond acceptors (Lipinski definition) is 3. The van der Waals surface area contributed by atoms with Crippen molar-refractivity contribution < 1.29 is 14.6 Å². The van der Waals surface area contributed by atoms with Crippen molar-refractivity contribution in [1.82, 2.24) is 0 Å². The van der Waals surface area contributed by atoms with Gasteiger partial charge in [-0.2, -0.15) is 0 Å². The van der Waals surface area contributed by atoms with Gasteiger partial charge < -0.3 is 14.6 Å². The van der Waals surface area contributed by atoms with Gasteiger partial charge in [0.05, 0.1) is 13.2 Å². The van der Waals surface area contributed by atoms with Gasteiger partial charge in [0, 0.05) is 24.3 Å². The van der Waals surface area contributed by atoms with Crippen LogP contribution in [-0.4, -0.2) is 25.9 Å². The Hall–Kier alpha value is -0.770. The Bertz CT molecular complexity index is 355. The molecule has 1 rings (SSSR count). The standard InChI is InChI=1S/C13H19ClO3/c1-9(8-16-2)6-12(15)11-7-10(14)4-5-13(11)17-3/h4-5,7,9,12,15H,6,8H2,1-3H3. The number of halogens is 1. The van der Waals surface area contributed by atoms with Crippen LogP contribution in [-0.2, 0) is 4.74 Å². The summed E-state index contributed by atoms with van der Waals surface area (Å²) in [5.74, 6) is 0.935. The van der Waals surface area contributed by atoms with Gasteiger partial charge in [-0.05, 0) is 30.5 Å². The quantitative estimate of drug-likeness (QED) is 0.852. The van der Waals surface area contributed by atoms with Crippen LogP contribution < -0.4 is 4.74 Å². The van der Waals surface area contributed by atoms with E-state index in [1.807, 2.05) is 6.92 Å². The molecule has 1 aromatic carbocycles. The Morgan fingerprint density at radius 3 is 2.65 bits per heavy atom. The number of ether oxygens (including phenoxy) is 2. The molecule has 0 aliphatic carbocycles. The minimum absolute atomic E-state index is 0.277. The zero-order valence-electron chi connectivity index (χ0n) is 10.4. The summed E-state index contributed by atoms with van der Waals surface area (Å²) in [6.07, 6.45) is 0.0265. The smallest absolute Gasteiger partial charge is 0.124 e. The zero-order valence-corrected chi connectivity index (χ0v) is 11.2. The topological polar surface area (TPSA) is 38.7 Å². The number of rotatable bonds is 6. The van der Waals surface area contributed by atoms with E-state index in [4.69, 9.17) is 21.1 Å². The second kappa shape index (κ2) is 6.84. The lowest BCUT2D eigenvalue weighted by Gasteiger charge is -2.18. The molecule has 0 saturated heterocycles. The molecule has 96 valence electrons. The Morgan fingerprint density at radius 2 is 2.06 bits per heavy atom. The Balaban J connectivity index is 2.79. The molecular formula is C13H19ClO3. The van der Waals surface area contributed by atoms with E-state index in [1.165, 1.54) is 0 Å². The molecule has 0 aromatic heterocycles. The maximum absolute atomic E-state index is 10.2. The normalized spacial score (nSPS) is 14.4. The highest BCUT2D eigenvalue weighted by Gasteiger charge is 2.16. The number of aliphatic hydroxyl groups excluding tert-OH is 1. The molecule has 2 atom stereocenters. The molecule has 3 nitrogen and oxygen atoms in total. The van der Waals surface area contributed by atoms with Crippen LogP contribution in [0.5, 0.6) is 5.75 Å². The fraction of sp³-hybridized carbons (Fsp3) is 0.538. The molecule has 0 heterocycles. The van der Waals surface area contributed by atoms with E-state index in [0.717, 1.165) is 5.56 Å². The van der Waals surface area contributed by atoms with E-state index in [9.17, 15) is 5.11 Å². The van der Waals surface area contributed by atoms with Crippen LogP contribution in [0.15, 0.2) is 18.2 Å². The molecule has 0 bridgehead atoms. The van der Waals surface area contributed by atoms with Crippen molar-refractivity contribution in [1.29, 1.82) is 0 Å². The summed E-state index contributed by atoms with van der Waals surface area (Å²) in [7, 11) is 3.24. The Morgan fingerprint density at radius 1 is 1.35 bits per heavy atom. The summed E-state index contributed by atoms with van der Waals surface area (Å²) < 4.78 is 10.3. The zero-order chi connectivity index (χ0) is 12.8. The molecule has 0 fully saturated rings. The molecular weight excluding hydrogens is 240 g/mol. The molecule has 0 spiro atoms. The summed E-state index contributed by atoms with van der Waals surface area (Å²) in [6.45, 7) is 2.66. The van der Waals surface area contributed by atoms with Crippen LogP contribution in [0.3, 0.4) is 0 Å². The lowest BCUT2D eigenvalue weighted by atomic mass is 9.98. The maximum atomic E-state index is 10.2. The molecule has 1 aromatic rings. The molecule has 1 N–H and O–H groups in total. The third kappa shape index (κ3) is 4.19. The van der Waals surface area contributed by atoms with Crippen molar-refractivity contribution in [2.24, 2.45) is 5.92 Å². The first-order valence-corrected chi connectivity index (χ1v) is 5.96. The number of aliphatic hydroxyl groups is 1.